The monoisotopic (exact) mass is 228 g/mol. The highest BCUT2D eigenvalue weighted by Gasteiger charge is 2.26. The Bertz CT molecular complexity index is 256. The van der Waals surface area contributed by atoms with Gasteiger partial charge in [-0.3, -0.25) is 19.4 Å². The van der Waals surface area contributed by atoms with Gasteiger partial charge in [-0.05, 0) is 19.4 Å². The van der Waals surface area contributed by atoms with Crippen LogP contribution < -0.4 is 0 Å². The molecule has 1 aliphatic heterocycles. The highest BCUT2D eigenvalue weighted by Crippen LogP contribution is 2.10. The first-order valence-corrected chi connectivity index (χ1v) is 5.85. The predicted molar refractivity (Wildman–Crippen MR) is 59.8 cm³/mol. The van der Waals surface area contributed by atoms with Crippen molar-refractivity contribution in [1.82, 2.24) is 9.80 Å². The standard InChI is InChI=1S/C11H20N2O3/c1-2-12(6-4-8-14)9-11(16)13-7-3-5-10(13)15/h14H,2-9H2,1H3. The van der Waals surface area contributed by atoms with Gasteiger partial charge in [0.1, 0.15) is 0 Å². The van der Waals surface area contributed by atoms with E-state index in [1.54, 1.807) is 0 Å². The number of likely N-dealkylation sites (N-methyl/N-ethyl adjacent to an activating group) is 1. The van der Waals surface area contributed by atoms with Crippen molar-refractivity contribution in [2.75, 3.05) is 32.8 Å². The molecule has 0 radical (unpaired) electrons. The van der Waals surface area contributed by atoms with E-state index in [2.05, 4.69) is 0 Å². The van der Waals surface area contributed by atoms with Crippen molar-refractivity contribution in [3.63, 3.8) is 0 Å². The Balaban J connectivity index is 2.38. The molecule has 0 unspecified atom stereocenters. The van der Waals surface area contributed by atoms with Gasteiger partial charge in [-0.1, -0.05) is 6.92 Å². The Kier molecular flexibility index (Phi) is 5.42. The van der Waals surface area contributed by atoms with Gasteiger partial charge >= 0.3 is 0 Å². The van der Waals surface area contributed by atoms with Crippen molar-refractivity contribution >= 4 is 11.8 Å². The van der Waals surface area contributed by atoms with E-state index in [4.69, 9.17) is 5.11 Å². The van der Waals surface area contributed by atoms with E-state index in [-0.39, 0.29) is 25.0 Å². The Hall–Kier alpha value is -0.940. The fourth-order valence-electron chi connectivity index (χ4n) is 1.83. The Morgan fingerprint density at radius 3 is 2.81 bits per heavy atom. The number of carbonyl (C=O) groups excluding carboxylic acids is 2. The average Bonchev–Trinajstić information content (AvgIpc) is 2.70. The fourth-order valence-corrected chi connectivity index (χ4v) is 1.83. The Morgan fingerprint density at radius 2 is 2.31 bits per heavy atom. The second kappa shape index (κ2) is 6.60. The molecule has 0 atom stereocenters. The van der Waals surface area contributed by atoms with Crippen molar-refractivity contribution in [3.05, 3.63) is 0 Å². The molecular weight excluding hydrogens is 208 g/mol. The third-order valence-corrected chi connectivity index (χ3v) is 2.81. The van der Waals surface area contributed by atoms with Crippen LogP contribution in [0, 0.1) is 0 Å². The lowest BCUT2D eigenvalue weighted by atomic mass is 10.3. The Labute approximate surface area is 96.0 Å². The van der Waals surface area contributed by atoms with Crippen LogP contribution in [0.15, 0.2) is 0 Å². The smallest absolute Gasteiger partial charge is 0.243 e. The topological polar surface area (TPSA) is 60.9 Å². The van der Waals surface area contributed by atoms with Crippen LogP contribution >= 0.6 is 0 Å². The lowest BCUT2D eigenvalue weighted by Gasteiger charge is -2.22. The summed E-state index contributed by atoms with van der Waals surface area (Å²) in [6.07, 6.45) is 1.94. The molecule has 0 aromatic rings. The molecule has 0 bridgehead atoms. The number of amides is 2. The molecule has 1 rings (SSSR count). The first-order valence-electron chi connectivity index (χ1n) is 5.85. The summed E-state index contributed by atoms with van der Waals surface area (Å²) in [5, 5.41) is 8.72. The summed E-state index contributed by atoms with van der Waals surface area (Å²) < 4.78 is 0. The number of likely N-dealkylation sites (tertiary alicyclic amines) is 1. The molecule has 16 heavy (non-hydrogen) atoms. The molecule has 0 spiro atoms. The summed E-state index contributed by atoms with van der Waals surface area (Å²) in [5.74, 6) is -0.162. The van der Waals surface area contributed by atoms with Crippen LogP contribution in [0.1, 0.15) is 26.2 Å². The molecule has 0 aliphatic carbocycles. The van der Waals surface area contributed by atoms with E-state index >= 15 is 0 Å². The summed E-state index contributed by atoms with van der Waals surface area (Å²) in [6.45, 7) is 4.40. The number of aliphatic hydroxyl groups excluding tert-OH is 1. The van der Waals surface area contributed by atoms with Crippen LogP contribution in [0.4, 0.5) is 0 Å². The summed E-state index contributed by atoms with van der Waals surface area (Å²) >= 11 is 0. The lowest BCUT2D eigenvalue weighted by Crippen LogP contribution is -2.41. The zero-order valence-corrected chi connectivity index (χ0v) is 9.81. The minimum absolute atomic E-state index is 0.0526. The molecule has 0 aromatic carbocycles. The molecule has 5 heteroatoms. The van der Waals surface area contributed by atoms with Gasteiger partial charge in [-0.25, -0.2) is 0 Å². The molecule has 1 heterocycles. The maximum absolute atomic E-state index is 11.8. The number of aliphatic hydroxyl groups is 1. The summed E-state index contributed by atoms with van der Waals surface area (Å²) in [6, 6.07) is 0. The summed E-state index contributed by atoms with van der Waals surface area (Å²) in [5.41, 5.74) is 0. The van der Waals surface area contributed by atoms with Gasteiger partial charge < -0.3 is 5.11 Å². The minimum atomic E-state index is -0.109. The van der Waals surface area contributed by atoms with E-state index < -0.39 is 0 Å². The zero-order valence-electron chi connectivity index (χ0n) is 9.81. The number of rotatable bonds is 6. The van der Waals surface area contributed by atoms with Crippen molar-refractivity contribution in [2.45, 2.75) is 26.2 Å². The van der Waals surface area contributed by atoms with Gasteiger partial charge in [0.2, 0.25) is 11.8 Å². The molecule has 92 valence electrons. The highest BCUT2D eigenvalue weighted by molar-refractivity contribution is 5.97. The molecule has 5 nitrogen and oxygen atoms in total. The van der Waals surface area contributed by atoms with Crippen LogP contribution in [0.3, 0.4) is 0 Å². The van der Waals surface area contributed by atoms with E-state index in [1.807, 2.05) is 11.8 Å². The van der Waals surface area contributed by atoms with E-state index in [9.17, 15) is 9.59 Å². The SMILES string of the molecule is CCN(CCCO)CC(=O)N1CCCC1=O. The maximum Gasteiger partial charge on any atom is 0.243 e. The first kappa shape index (κ1) is 13.1. The van der Waals surface area contributed by atoms with Gasteiger partial charge in [0.15, 0.2) is 0 Å². The summed E-state index contributed by atoms with van der Waals surface area (Å²) in [4.78, 5) is 26.4. The first-order chi connectivity index (χ1) is 7.69. The minimum Gasteiger partial charge on any atom is -0.396 e. The van der Waals surface area contributed by atoms with Crippen LogP contribution in [-0.4, -0.2) is 59.5 Å². The number of hydrogen-bond donors (Lipinski definition) is 1. The zero-order chi connectivity index (χ0) is 12.0. The summed E-state index contributed by atoms with van der Waals surface area (Å²) in [7, 11) is 0. The predicted octanol–water partition coefficient (Wildman–Crippen LogP) is -0.160. The molecule has 1 aliphatic rings. The van der Waals surface area contributed by atoms with Crippen LogP contribution in [0.5, 0.6) is 0 Å². The van der Waals surface area contributed by atoms with Crippen LogP contribution in [0.2, 0.25) is 0 Å². The molecule has 2 amide bonds. The number of carbonyl (C=O) groups is 2. The number of hydrogen-bond acceptors (Lipinski definition) is 4. The lowest BCUT2D eigenvalue weighted by molar-refractivity contribution is -0.142. The molecule has 1 saturated heterocycles. The average molecular weight is 228 g/mol. The highest BCUT2D eigenvalue weighted by atomic mass is 16.3. The van der Waals surface area contributed by atoms with E-state index in [0.29, 0.717) is 25.9 Å². The molecule has 1 N–H and O–H groups in total. The molecular formula is C11H20N2O3. The van der Waals surface area contributed by atoms with Crippen molar-refractivity contribution in [1.29, 1.82) is 0 Å². The normalized spacial score (nSPS) is 16.2. The third-order valence-electron chi connectivity index (χ3n) is 2.81. The fraction of sp³-hybridized carbons (Fsp3) is 0.818. The van der Waals surface area contributed by atoms with Crippen molar-refractivity contribution in [2.24, 2.45) is 0 Å². The van der Waals surface area contributed by atoms with Gasteiger partial charge in [-0.15, -0.1) is 0 Å². The van der Waals surface area contributed by atoms with Crippen LogP contribution in [0.25, 0.3) is 0 Å². The van der Waals surface area contributed by atoms with Gasteiger partial charge in [-0.2, -0.15) is 0 Å². The number of nitrogens with zero attached hydrogens (tertiary/aromatic N) is 2. The molecule has 0 aromatic heterocycles. The molecule has 0 saturated carbocycles. The third kappa shape index (κ3) is 3.57. The van der Waals surface area contributed by atoms with Gasteiger partial charge in [0.05, 0.1) is 6.54 Å². The largest absolute Gasteiger partial charge is 0.396 e. The second-order valence-electron chi connectivity index (χ2n) is 3.99. The molecule has 1 fully saturated rings. The van der Waals surface area contributed by atoms with Crippen molar-refractivity contribution < 1.29 is 14.7 Å². The van der Waals surface area contributed by atoms with Gasteiger partial charge in [0, 0.05) is 26.1 Å². The quantitative estimate of drug-likeness (QED) is 0.686. The Morgan fingerprint density at radius 1 is 1.56 bits per heavy atom. The number of imide groups is 1. The van der Waals surface area contributed by atoms with Crippen LogP contribution in [-0.2, 0) is 9.59 Å². The van der Waals surface area contributed by atoms with Gasteiger partial charge in [0.25, 0.3) is 0 Å². The second-order valence-corrected chi connectivity index (χ2v) is 3.99. The van der Waals surface area contributed by atoms with Crippen molar-refractivity contribution in [3.8, 4) is 0 Å². The maximum atomic E-state index is 11.8. The van der Waals surface area contributed by atoms with E-state index in [0.717, 1.165) is 13.0 Å². The van der Waals surface area contributed by atoms with E-state index in [1.165, 1.54) is 4.90 Å².